The summed E-state index contributed by atoms with van der Waals surface area (Å²) < 4.78 is 0. The highest BCUT2D eigenvalue weighted by atomic mass is 28.3. The first-order valence-electron chi connectivity index (χ1n) is 5.38. The van der Waals surface area contributed by atoms with Gasteiger partial charge in [0.05, 0.1) is 0 Å². The van der Waals surface area contributed by atoms with Gasteiger partial charge in [-0.3, -0.25) is 4.79 Å². The Morgan fingerprint density at radius 2 is 1.87 bits per heavy atom. The van der Waals surface area contributed by atoms with Gasteiger partial charge in [-0.25, -0.2) is 0 Å². The normalized spacial score (nSPS) is 11.8. The van der Waals surface area contributed by atoms with E-state index in [1.165, 1.54) is 0 Å². The van der Waals surface area contributed by atoms with Crippen molar-refractivity contribution in [2.45, 2.75) is 52.8 Å². The molecule has 0 bridgehead atoms. The molecule has 0 spiro atoms. The smallest absolute Gasteiger partial charge is 0.303 e. The average Bonchev–Trinajstić information content (AvgIpc) is 1.99. The fourth-order valence-electron chi connectivity index (χ4n) is 1.10. The Bertz CT molecular complexity index is 276. The lowest BCUT2D eigenvalue weighted by atomic mass is 9.88. The fourth-order valence-corrected chi connectivity index (χ4v) is 1.81. The molecule has 0 aliphatic carbocycles. The molecule has 0 saturated heterocycles. The Kier molecular flexibility index (Phi) is 5.09. The van der Waals surface area contributed by atoms with Crippen molar-refractivity contribution < 1.29 is 9.90 Å². The maximum atomic E-state index is 10.4. The number of hydrogen-bond donors (Lipinski definition) is 1. The molecule has 0 aliphatic heterocycles. The summed E-state index contributed by atoms with van der Waals surface area (Å²) in [7, 11) is -1.31. The largest absolute Gasteiger partial charge is 0.481 e. The number of carbonyl (C=O) groups is 1. The van der Waals surface area contributed by atoms with E-state index in [2.05, 4.69) is 45.0 Å². The summed E-state index contributed by atoms with van der Waals surface area (Å²) in [5.41, 5.74) is 3.30. The van der Waals surface area contributed by atoms with E-state index in [0.29, 0.717) is 6.42 Å². The predicted octanol–water partition coefficient (Wildman–Crippen LogP) is 3.15. The van der Waals surface area contributed by atoms with Gasteiger partial charge in [0.15, 0.2) is 0 Å². The second-order valence-electron chi connectivity index (χ2n) is 5.63. The summed E-state index contributed by atoms with van der Waals surface area (Å²) in [5, 5.41) is 8.54. The molecular formula is C12H22O2Si. The van der Waals surface area contributed by atoms with Crippen molar-refractivity contribution in [3.05, 3.63) is 0 Å². The van der Waals surface area contributed by atoms with E-state index in [1.54, 1.807) is 0 Å². The zero-order chi connectivity index (χ0) is 12.1. The van der Waals surface area contributed by atoms with Gasteiger partial charge in [0.25, 0.3) is 0 Å². The Morgan fingerprint density at radius 1 is 1.33 bits per heavy atom. The maximum absolute atomic E-state index is 10.4. The molecule has 0 heterocycles. The van der Waals surface area contributed by atoms with Gasteiger partial charge in [0, 0.05) is 11.8 Å². The van der Waals surface area contributed by atoms with Gasteiger partial charge in [0.2, 0.25) is 0 Å². The van der Waals surface area contributed by atoms with Gasteiger partial charge in [-0.1, -0.05) is 19.6 Å². The fraction of sp³-hybridized carbons (Fsp3) is 0.750. The summed E-state index contributed by atoms with van der Waals surface area (Å²) in [6.07, 6.45) is 1.82. The quantitative estimate of drug-likeness (QED) is 0.590. The first-order valence-corrected chi connectivity index (χ1v) is 8.88. The Morgan fingerprint density at radius 3 is 2.27 bits per heavy atom. The molecule has 0 aromatic carbocycles. The summed E-state index contributed by atoms with van der Waals surface area (Å²) in [6, 6.07) is 0. The van der Waals surface area contributed by atoms with E-state index in [9.17, 15) is 4.79 Å². The lowest BCUT2D eigenvalue weighted by Gasteiger charge is -2.17. The summed E-state index contributed by atoms with van der Waals surface area (Å²) >= 11 is 0. The molecule has 0 unspecified atom stereocenters. The van der Waals surface area contributed by atoms with Crippen molar-refractivity contribution in [1.29, 1.82) is 0 Å². The number of hydrogen-bond acceptors (Lipinski definition) is 1. The first kappa shape index (κ1) is 14.2. The van der Waals surface area contributed by atoms with Gasteiger partial charge in [-0.15, -0.1) is 11.5 Å². The van der Waals surface area contributed by atoms with Gasteiger partial charge in [-0.05, 0) is 26.7 Å². The van der Waals surface area contributed by atoms with Crippen molar-refractivity contribution >= 4 is 14.0 Å². The molecule has 0 aromatic rings. The van der Waals surface area contributed by atoms with Gasteiger partial charge < -0.3 is 5.11 Å². The van der Waals surface area contributed by atoms with Crippen LogP contribution in [0.15, 0.2) is 0 Å². The Balaban J connectivity index is 4.17. The van der Waals surface area contributed by atoms with Crippen LogP contribution in [-0.4, -0.2) is 19.1 Å². The number of rotatable bonds is 4. The standard InChI is InChI=1S/C12H22O2Si/c1-12(2,8-6-7-11(13)14)9-10-15(3,4)5/h6-8H2,1-5H3,(H,13,14). The molecule has 0 aliphatic rings. The van der Waals surface area contributed by atoms with Crippen molar-refractivity contribution in [1.82, 2.24) is 0 Å². The second kappa shape index (κ2) is 5.36. The van der Waals surface area contributed by atoms with E-state index < -0.39 is 14.0 Å². The predicted molar refractivity (Wildman–Crippen MR) is 66.4 cm³/mol. The monoisotopic (exact) mass is 226 g/mol. The SMILES string of the molecule is CC(C)(C#C[Si](C)(C)C)CCCC(=O)O. The first-order chi connectivity index (χ1) is 6.62. The number of carboxylic acids is 1. The summed E-state index contributed by atoms with van der Waals surface area (Å²) in [6.45, 7) is 10.8. The van der Waals surface area contributed by atoms with E-state index >= 15 is 0 Å². The molecule has 1 N–H and O–H groups in total. The highest BCUT2D eigenvalue weighted by molar-refractivity contribution is 6.83. The van der Waals surface area contributed by atoms with Crippen LogP contribution in [0.25, 0.3) is 0 Å². The Labute approximate surface area is 94.1 Å². The van der Waals surface area contributed by atoms with E-state index in [-0.39, 0.29) is 11.8 Å². The topological polar surface area (TPSA) is 37.3 Å². The molecular weight excluding hydrogens is 204 g/mol. The molecule has 15 heavy (non-hydrogen) atoms. The minimum absolute atomic E-state index is 0.0459. The molecule has 0 radical (unpaired) electrons. The van der Waals surface area contributed by atoms with Crippen LogP contribution in [0, 0.1) is 16.9 Å². The zero-order valence-corrected chi connectivity index (χ0v) is 11.5. The van der Waals surface area contributed by atoms with Crippen molar-refractivity contribution in [2.75, 3.05) is 0 Å². The maximum Gasteiger partial charge on any atom is 0.303 e. The summed E-state index contributed by atoms with van der Waals surface area (Å²) in [5.74, 6) is 2.57. The van der Waals surface area contributed by atoms with Crippen molar-refractivity contribution in [3.63, 3.8) is 0 Å². The van der Waals surface area contributed by atoms with Crippen LogP contribution in [0.3, 0.4) is 0 Å². The minimum Gasteiger partial charge on any atom is -0.481 e. The van der Waals surface area contributed by atoms with Crippen LogP contribution in [0.5, 0.6) is 0 Å². The van der Waals surface area contributed by atoms with E-state index in [0.717, 1.165) is 6.42 Å². The number of aliphatic carboxylic acids is 1. The third-order valence-electron chi connectivity index (χ3n) is 1.97. The van der Waals surface area contributed by atoms with E-state index in [1.807, 2.05) is 0 Å². The van der Waals surface area contributed by atoms with Gasteiger partial charge >= 0.3 is 5.97 Å². The molecule has 0 aromatic heterocycles. The molecule has 3 heteroatoms. The van der Waals surface area contributed by atoms with E-state index in [4.69, 9.17) is 5.11 Å². The van der Waals surface area contributed by atoms with Crippen LogP contribution in [0.4, 0.5) is 0 Å². The lowest BCUT2D eigenvalue weighted by molar-refractivity contribution is -0.137. The van der Waals surface area contributed by atoms with Crippen molar-refractivity contribution in [2.24, 2.45) is 5.41 Å². The molecule has 0 saturated carbocycles. The van der Waals surface area contributed by atoms with Crippen LogP contribution in [0.2, 0.25) is 19.6 Å². The Hall–Kier alpha value is -0.753. The average molecular weight is 226 g/mol. The van der Waals surface area contributed by atoms with Crippen LogP contribution < -0.4 is 0 Å². The molecule has 0 fully saturated rings. The van der Waals surface area contributed by atoms with Crippen LogP contribution in [-0.2, 0) is 4.79 Å². The van der Waals surface area contributed by atoms with Crippen LogP contribution >= 0.6 is 0 Å². The third kappa shape index (κ3) is 9.55. The minimum atomic E-state index is -1.31. The summed E-state index contributed by atoms with van der Waals surface area (Å²) in [4.78, 5) is 10.4. The van der Waals surface area contributed by atoms with Crippen molar-refractivity contribution in [3.8, 4) is 11.5 Å². The molecule has 0 rings (SSSR count). The molecule has 0 amide bonds. The highest BCUT2D eigenvalue weighted by Gasteiger charge is 2.16. The molecule has 86 valence electrons. The lowest BCUT2D eigenvalue weighted by Crippen LogP contribution is -2.19. The van der Waals surface area contributed by atoms with Gasteiger partial charge in [0.1, 0.15) is 8.07 Å². The van der Waals surface area contributed by atoms with Crippen LogP contribution in [0.1, 0.15) is 33.1 Å². The molecule has 0 atom stereocenters. The number of carboxylic acid groups (broad SMARTS) is 1. The molecule has 2 nitrogen and oxygen atoms in total. The third-order valence-corrected chi connectivity index (χ3v) is 2.84. The highest BCUT2D eigenvalue weighted by Crippen LogP contribution is 2.22. The van der Waals surface area contributed by atoms with Gasteiger partial charge in [-0.2, -0.15) is 0 Å². The second-order valence-corrected chi connectivity index (χ2v) is 10.4. The zero-order valence-electron chi connectivity index (χ0n) is 10.5.